The highest BCUT2D eigenvalue weighted by Gasteiger charge is 2.36. The number of hydrogen-bond acceptors (Lipinski definition) is 2. The van der Waals surface area contributed by atoms with Crippen molar-refractivity contribution < 1.29 is 5.11 Å². The molecule has 0 aliphatic heterocycles. The maximum absolute atomic E-state index is 9.17. The lowest BCUT2D eigenvalue weighted by molar-refractivity contribution is 0.183. The van der Waals surface area contributed by atoms with Crippen LogP contribution in [0.4, 0.5) is 0 Å². The summed E-state index contributed by atoms with van der Waals surface area (Å²) in [4.78, 5) is 0. The molecular formula is C11H11NO. The Bertz CT molecular complexity index is 340. The molecule has 0 saturated carbocycles. The van der Waals surface area contributed by atoms with Crippen molar-refractivity contribution in [3.05, 3.63) is 35.4 Å². The van der Waals surface area contributed by atoms with Crippen molar-refractivity contribution in [2.24, 2.45) is 5.41 Å². The molecule has 0 aromatic heterocycles. The van der Waals surface area contributed by atoms with E-state index in [-0.39, 0.29) is 6.61 Å². The zero-order valence-electron chi connectivity index (χ0n) is 7.33. The Morgan fingerprint density at radius 3 is 2.23 bits per heavy atom. The van der Waals surface area contributed by atoms with Crippen molar-refractivity contribution in [3.63, 3.8) is 0 Å². The van der Waals surface area contributed by atoms with Crippen LogP contribution in [0.5, 0.6) is 0 Å². The summed E-state index contributed by atoms with van der Waals surface area (Å²) in [7, 11) is 0. The van der Waals surface area contributed by atoms with Gasteiger partial charge in [-0.25, -0.2) is 0 Å². The Morgan fingerprint density at radius 2 is 1.85 bits per heavy atom. The lowest BCUT2D eigenvalue weighted by atomic mass is 9.88. The predicted octanol–water partition coefficient (Wildman–Crippen LogP) is 1.29. The molecule has 2 nitrogen and oxygen atoms in total. The van der Waals surface area contributed by atoms with Crippen molar-refractivity contribution in [2.45, 2.75) is 12.8 Å². The Balaban J connectivity index is 2.37. The van der Waals surface area contributed by atoms with Crippen LogP contribution < -0.4 is 0 Å². The van der Waals surface area contributed by atoms with Gasteiger partial charge in [-0.3, -0.25) is 0 Å². The van der Waals surface area contributed by atoms with Gasteiger partial charge in [0.25, 0.3) is 0 Å². The van der Waals surface area contributed by atoms with E-state index in [4.69, 9.17) is 10.4 Å². The standard InChI is InChI=1S/C11H11NO/c12-7-11(8-13)5-9-3-1-2-4-10(9)6-11/h1-4,13H,5-6,8H2. The average molecular weight is 173 g/mol. The molecule has 0 unspecified atom stereocenters. The average Bonchev–Trinajstić information content (AvgIpc) is 2.57. The van der Waals surface area contributed by atoms with Crippen LogP contribution in [0.15, 0.2) is 24.3 Å². The normalized spacial score (nSPS) is 17.8. The fraction of sp³-hybridized carbons (Fsp3) is 0.364. The molecule has 0 heterocycles. The molecule has 0 saturated heterocycles. The van der Waals surface area contributed by atoms with Gasteiger partial charge < -0.3 is 5.11 Å². The molecule has 66 valence electrons. The SMILES string of the molecule is N#CC1(CO)Cc2ccccc2C1. The van der Waals surface area contributed by atoms with E-state index in [1.165, 1.54) is 11.1 Å². The largest absolute Gasteiger partial charge is 0.395 e. The Hall–Kier alpha value is -1.33. The number of fused-ring (bicyclic) bond motifs is 1. The van der Waals surface area contributed by atoms with Gasteiger partial charge in [-0.15, -0.1) is 0 Å². The first-order valence-electron chi connectivity index (χ1n) is 4.38. The first-order chi connectivity index (χ1) is 6.29. The van der Waals surface area contributed by atoms with Gasteiger partial charge in [-0.1, -0.05) is 24.3 Å². The third kappa shape index (κ3) is 1.22. The van der Waals surface area contributed by atoms with Crippen molar-refractivity contribution in [1.82, 2.24) is 0 Å². The maximum Gasteiger partial charge on any atom is 0.0884 e. The van der Waals surface area contributed by atoms with Crippen molar-refractivity contribution >= 4 is 0 Å². The van der Waals surface area contributed by atoms with Gasteiger partial charge in [0.1, 0.15) is 0 Å². The van der Waals surface area contributed by atoms with Gasteiger partial charge in [0.2, 0.25) is 0 Å². The third-order valence-electron chi connectivity index (χ3n) is 2.72. The molecule has 1 aliphatic carbocycles. The number of aliphatic hydroxyl groups is 1. The van der Waals surface area contributed by atoms with Crippen LogP contribution >= 0.6 is 0 Å². The van der Waals surface area contributed by atoms with Crippen LogP contribution in [0.1, 0.15) is 11.1 Å². The van der Waals surface area contributed by atoms with E-state index in [2.05, 4.69) is 6.07 Å². The zero-order chi connectivity index (χ0) is 9.31. The first kappa shape index (κ1) is 8.28. The number of aliphatic hydroxyl groups excluding tert-OH is 1. The zero-order valence-corrected chi connectivity index (χ0v) is 7.33. The second kappa shape index (κ2) is 2.86. The molecule has 1 aliphatic rings. The summed E-state index contributed by atoms with van der Waals surface area (Å²) in [5.41, 5.74) is 1.86. The molecule has 13 heavy (non-hydrogen) atoms. The van der Waals surface area contributed by atoms with Gasteiger partial charge >= 0.3 is 0 Å². The lowest BCUT2D eigenvalue weighted by Gasteiger charge is -2.15. The van der Waals surface area contributed by atoms with Crippen molar-refractivity contribution in [1.29, 1.82) is 5.26 Å². The van der Waals surface area contributed by atoms with Crippen LogP contribution in [0.2, 0.25) is 0 Å². The number of benzene rings is 1. The molecule has 0 fully saturated rings. The highest BCUT2D eigenvalue weighted by molar-refractivity contribution is 5.36. The van der Waals surface area contributed by atoms with E-state index in [1.807, 2.05) is 24.3 Å². The lowest BCUT2D eigenvalue weighted by Crippen LogP contribution is -2.23. The smallest absolute Gasteiger partial charge is 0.0884 e. The van der Waals surface area contributed by atoms with Gasteiger partial charge in [0, 0.05) is 0 Å². The van der Waals surface area contributed by atoms with E-state index < -0.39 is 5.41 Å². The number of nitriles is 1. The molecule has 2 rings (SSSR count). The molecule has 1 aromatic rings. The number of hydrogen-bond donors (Lipinski definition) is 1. The topological polar surface area (TPSA) is 44.0 Å². The van der Waals surface area contributed by atoms with Gasteiger partial charge in [0.15, 0.2) is 0 Å². The maximum atomic E-state index is 9.17. The van der Waals surface area contributed by atoms with Crippen molar-refractivity contribution in [2.75, 3.05) is 6.61 Å². The highest BCUT2D eigenvalue weighted by Crippen LogP contribution is 2.35. The third-order valence-corrected chi connectivity index (χ3v) is 2.72. The quantitative estimate of drug-likeness (QED) is 0.695. The molecule has 0 atom stereocenters. The minimum atomic E-state index is -0.552. The molecule has 0 radical (unpaired) electrons. The summed E-state index contributed by atoms with van der Waals surface area (Å²) in [5.74, 6) is 0. The molecule has 0 spiro atoms. The summed E-state index contributed by atoms with van der Waals surface area (Å²) in [6.45, 7) is -0.0435. The predicted molar refractivity (Wildman–Crippen MR) is 49.0 cm³/mol. The van der Waals surface area contributed by atoms with Gasteiger partial charge in [-0.05, 0) is 24.0 Å². The summed E-state index contributed by atoms with van der Waals surface area (Å²) in [6, 6.07) is 10.2. The molecule has 0 bridgehead atoms. The summed E-state index contributed by atoms with van der Waals surface area (Å²) in [5, 5.41) is 18.1. The fourth-order valence-electron chi connectivity index (χ4n) is 1.92. The van der Waals surface area contributed by atoms with Crippen molar-refractivity contribution in [3.8, 4) is 6.07 Å². The minimum absolute atomic E-state index is 0.0435. The second-order valence-electron chi connectivity index (χ2n) is 3.67. The van der Waals surface area contributed by atoms with E-state index in [0.717, 1.165) is 0 Å². The Morgan fingerprint density at radius 1 is 1.31 bits per heavy atom. The van der Waals surface area contributed by atoms with E-state index in [0.29, 0.717) is 12.8 Å². The first-order valence-corrected chi connectivity index (χ1v) is 4.38. The number of nitrogens with zero attached hydrogens (tertiary/aromatic N) is 1. The van der Waals surface area contributed by atoms with Crippen LogP contribution in [0, 0.1) is 16.7 Å². The Labute approximate surface area is 77.4 Å². The summed E-state index contributed by atoms with van der Waals surface area (Å²) in [6.07, 6.45) is 1.38. The number of rotatable bonds is 1. The monoisotopic (exact) mass is 173 g/mol. The minimum Gasteiger partial charge on any atom is -0.395 e. The second-order valence-corrected chi connectivity index (χ2v) is 3.67. The van der Waals surface area contributed by atoms with Gasteiger partial charge in [0.05, 0.1) is 18.1 Å². The fourth-order valence-corrected chi connectivity index (χ4v) is 1.92. The summed E-state index contributed by atoms with van der Waals surface area (Å²) >= 11 is 0. The van der Waals surface area contributed by atoms with Gasteiger partial charge in [-0.2, -0.15) is 5.26 Å². The van der Waals surface area contributed by atoms with E-state index in [1.54, 1.807) is 0 Å². The van der Waals surface area contributed by atoms with E-state index >= 15 is 0 Å². The molecule has 1 aromatic carbocycles. The van der Waals surface area contributed by atoms with E-state index in [9.17, 15) is 0 Å². The molecule has 0 amide bonds. The molecule has 2 heteroatoms. The molecule has 1 N–H and O–H groups in total. The van der Waals surface area contributed by atoms with Crippen LogP contribution in [-0.4, -0.2) is 11.7 Å². The van der Waals surface area contributed by atoms with Crippen LogP contribution in [0.3, 0.4) is 0 Å². The summed E-state index contributed by atoms with van der Waals surface area (Å²) < 4.78 is 0. The van der Waals surface area contributed by atoms with Crippen LogP contribution in [0.25, 0.3) is 0 Å². The Kier molecular flexibility index (Phi) is 1.82. The molecular weight excluding hydrogens is 162 g/mol. The highest BCUT2D eigenvalue weighted by atomic mass is 16.3. The van der Waals surface area contributed by atoms with Crippen LogP contribution in [-0.2, 0) is 12.8 Å².